The van der Waals surface area contributed by atoms with Crippen LogP contribution in [-0.2, 0) is 9.53 Å². The Labute approximate surface area is 174 Å². The summed E-state index contributed by atoms with van der Waals surface area (Å²) in [4.78, 5) is 25.2. The number of rotatable bonds is 5. The standard InChI is InChI=1S/C22H22ClN3O3/c1-13-10-11-17(23)12-19(13)24-21(27)16(4)29-22(28)20-14(2)25-26(15(20)3)18-8-6-5-7-9-18/h5-12,16H,1-4H3,(H,24,27)/t16-/m1/s1. The maximum absolute atomic E-state index is 12.7. The van der Waals surface area contributed by atoms with Crippen molar-refractivity contribution in [3.05, 3.63) is 76.1 Å². The van der Waals surface area contributed by atoms with Crippen molar-refractivity contribution in [1.29, 1.82) is 0 Å². The van der Waals surface area contributed by atoms with Crippen LogP contribution in [0.1, 0.15) is 34.2 Å². The molecule has 0 saturated carbocycles. The molecule has 0 unspecified atom stereocenters. The van der Waals surface area contributed by atoms with Crippen molar-refractivity contribution >= 4 is 29.2 Å². The third-order valence-corrected chi connectivity index (χ3v) is 4.84. The van der Waals surface area contributed by atoms with Crippen LogP contribution in [-0.4, -0.2) is 27.8 Å². The summed E-state index contributed by atoms with van der Waals surface area (Å²) in [6, 6.07) is 14.7. The lowest BCUT2D eigenvalue weighted by Crippen LogP contribution is -2.30. The molecule has 2 aromatic carbocycles. The first-order valence-corrected chi connectivity index (χ1v) is 9.55. The molecule has 1 heterocycles. The van der Waals surface area contributed by atoms with Gasteiger partial charge in [-0.15, -0.1) is 0 Å². The molecule has 0 bridgehead atoms. The molecule has 3 aromatic rings. The van der Waals surface area contributed by atoms with Gasteiger partial charge in [0, 0.05) is 10.7 Å². The number of ether oxygens (including phenoxy) is 1. The molecule has 1 aromatic heterocycles. The number of aryl methyl sites for hydroxylation is 2. The number of nitrogens with one attached hydrogen (secondary N) is 1. The lowest BCUT2D eigenvalue weighted by atomic mass is 10.2. The van der Waals surface area contributed by atoms with Crippen LogP contribution in [0.3, 0.4) is 0 Å². The summed E-state index contributed by atoms with van der Waals surface area (Å²) in [6.07, 6.45) is -0.986. The maximum atomic E-state index is 12.7. The molecule has 150 valence electrons. The molecule has 0 radical (unpaired) electrons. The molecular formula is C22H22ClN3O3. The first-order chi connectivity index (χ1) is 13.8. The van der Waals surface area contributed by atoms with E-state index in [1.165, 1.54) is 6.92 Å². The number of esters is 1. The monoisotopic (exact) mass is 411 g/mol. The number of benzene rings is 2. The van der Waals surface area contributed by atoms with E-state index in [1.807, 2.05) is 37.3 Å². The summed E-state index contributed by atoms with van der Waals surface area (Å²) in [7, 11) is 0. The second-order valence-electron chi connectivity index (χ2n) is 6.79. The van der Waals surface area contributed by atoms with E-state index in [9.17, 15) is 9.59 Å². The van der Waals surface area contributed by atoms with Gasteiger partial charge in [-0.05, 0) is 57.5 Å². The number of anilines is 1. The average Bonchev–Trinajstić information content (AvgIpc) is 2.99. The highest BCUT2D eigenvalue weighted by atomic mass is 35.5. The molecule has 0 aliphatic heterocycles. The molecule has 29 heavy (non-hydrogen) atoms. The van der Waals surface area contributed by atoms with E-state index in [0.29, 0.717) is 27.7 Å². The fourth-order valence-corrected chi connectivity index (χ4v) is 3.17. The molecule has 1 amide bonds. The van der Waals surface area contributed by atoms with E-state index in [-0.39, 0.29) is 0 Å². The minimum atomic E-state index is -0.986. The molecule has 0 fully saturated rings. The van der Waals surface area contributed by atoms with E-state index < -0.39 is 18.0 Å². The number of nitrogens with zero attached hydrogens (tertiary/aromatic N) is 2. The summed E-state index contributed by atoms with van der Waals surface area (Å²) < 4.78 is 7.10. The smallest absolute Gasteiger partial charge is 0.342 e. The van der Waals surface area contributed by atoms with Crippen molar-refractivity contribution in [1.82, 2.24) is 9.78 Å². The van der Waals surface area contributed by atoms with Gasteiger partial charge < -0.3 is 10.1 Å². The fraction of sp³-hybridized carbons (Fsp3) is 0.227. The first kappa shape index (κ1) is 20.6. The van der Waals surface area contributed by atoms with Gasteiger partial charge in [-0.25, -0.2) is 9.48 Å². The predicted molar refractivity (Wildman–Crippen MR) is 113 cm³/mol. The number of hydrogen-bond acceptors (Lipinski definition) is 4. The van der Waals surface area contributed by atoms with E-state index in [1.54, 1.807) is 36.7 Å². The van der Waals surface area contributed by atoms with Gasteiger partial charge in [0.25, 0.3) is 5.91 Å². The minimum Gasteiger partial charge on any atom is -0.449 e. The van der Waals surface area contributed by atoms with Gasteiger partial charge in [0.1, 0.15) is 5.56 Å². The van der Waals surface area contributed by atoms with Gasteiger partial charge in [-0.2, -0.15) is 5.10 Å². The topological polar surface area (TPSA) is 73.2 Å². The van der Waals surface area contributed by atoms with E-state index in [4.69, 9.17) is 16.3 Å². The maximum Gasteiger partial charge on any atom is 0.342 e. The number of carbonyl (C=O) groups excluding carboxylic acids is 2. The summed E-state index contributed by atoms with van der Waals surface area (Å²) in [5.74, 6) is -1.03. The molecule has 1 atom stereocenters. The van der Waals surface area contributed by atoms with Crippen molar-refractivity contribution in [3.8, 4) is 5.69 Å². The third kappa shape index (κ3) is 4.49. The van der Waals surface area contributed by atoms with Crippen molar-refractivity contribution in [2.75, 3.05) is 5.32 Å². The normalized spacial score (nSPS) is 11.8. The summed E-state index contributed by atoms with van der Waals surface area (Å²) in [5.41, 5.74) is 3.82. The summed E-state index contributed by atoms with van der Waals surface area (Å²) >= 11 is 5.99. The molecule has 0 aliphatic rings. The zero-order chi connectivity index (χ0) is 21.1. The highest BCUT2D eigenvalue weighted by Crippen LogP contribution is 2.22. The van der Waals surface area contributed by atoms with Gasteiger partial charge in [-0.3, -0.25) is 4.79 Å². The minimum absolute atomic E-state index is 0.354. The Balaban J connectivity index is 1.75. The predicted octanol–water partition coefficient (Wildman–Crippen LogP) is 4.63. The lowest BCUT2D eigenvalue weighted by Gasteiger charge is -2.15. The Hall–Kier alpha value is -3.12. The van der Waals surface area contributed by atoms with E-state index in [0.717, 1.165) is 11.3 Å². The SMILES string of the molecule is Cc1ccc(Cl)cc1NC(=O)[C@@H](C)OC(=O)c1c(C)nn(-c2ccccc2)c1C. The van der Waals surface area contributed by atoms with Crippen molar-refractivity contribution < 1.29 is 14.3 Å². The molecular weight excluding hydrogens is 390 g/mol. The second-order valence-corrected chi connectivity index (χ2v) is 7.23. The zero-order valence-electron chi connectivity index (χ0n) is 16.7. The average molecular weight is 412 g/mol. The van der Waals surface area contributed by atoms with Crippen LogP contribution in [0, 0.1) is 20.8 Å². The van der Waals surface area contributed by atoms with Crippen LogP contribution < -0.4 is 5.32 Å². The number of carbonyl (C=O) groups is 2. The van der Waals surface area contributed by atoms with Crippen molar-refractivity contribution in [2.45, 2.75) is 33.8 Å². The van der Waals surface area contributed by atoms with Gasteiger partial charge in [0.05, 0.1) is 17.1 Å². The Kier molecular flexibility index (Phi) is 6.03. The Bertz CT molecular complexity index is 1060. The molecule has 0 saturated heterocycles. The van der Waals surface area contributed by atoms with Crippen LogP contribution in [0.25, 0.3) is 5.69 Å². The lowest BCUT2D eigenvalue weighted by molar-refractivity contribution is -0.123. The largest absolute Gasteiger partial charge is 0.449 e. The van der Waals surface area contributed by atoms with Crippen LogP contribution in [0.5, 0.6) is 0 Å². The zero-order valence-corrected chi connectivity index (χ0v) is 17.4. The number of amides is 1. The fourth-order valence-electron chi connectivity index (χ4n) is 2.99. The third-order valence-electron chi connectivity index (χ3n) is 4.61. The second kappa shape index (κ2) is 8.49. The van der Waals surface area contributed by atoms with Gasteiger partial charge in [0.15, 0.2) is 6.10 Å². The summed E-state index contributed by atoms with van der Waals surface area (Å²) in [5, 5.41) is 7.70. The molecule has 0 aliphatic carbocycles. The van der Waals surface area contributed by atoms with Gasteiger partial charge in [0.2, 0.25) is 0 Å². The number of hydrogen-bond donors (Lipinski definition) is 1. The van der Waals surface area contributed by atoms with Crippen LogP contribution >= 0.6 is 11.6 Å². The number of para-hydroxylation sites is 1. The Morgan fingerprint density at radius 1 is 1.10 bits per heavy atom. The summed E-state index contributed by atoms with van der Waals surface area (Å²) in [6.45, 7) is 6.92. The number of halogens is 1. The van der Waals surface area contributed by atoms with Gasteiger partial charge in [-0.1, -0.05) is 35.9 Å². The highest BCUT2D eigenvalue weighted by molar-refractivity contribution is 6.31. The quantitative estimate of drug-likeness (QED) is 0.621. The van der Waals surface area contributed by atoms with Crippen molar-refractivity contribution in [2.24, 2.45) is 0 Å². The van der Waals surface area contributed by atoms with Crippen LogP contribution in [0.2, 0.25) is 5.02 Å². The van der Waals surface area contributed by atoms with Crippen LogP contribution in [0.15, 0.2) is 48.5 Å². The molecule has 1 N–H and O–H groups in total. The Morgan fingerprint density at radius 3 is 2.48 bits per heavy atom. The van der Waals surface area contributed by atoms with Crippen molar-refractivity contribution in [3.63, 3.8) is 0 Å². The molecule has 7 heteroatoms. The van der Waals surface area contributed by atoms with E-state index >= 15 is 0 Å². The van der Waals surface area contributed by atoms with Crippen LogP contribution in [0.4, 0.5) is 5.69 Å². The molecule has 0 spiro atoms. The Morgan fingerprint density at radius 2 is 1.79 bits per heavy atom. The van der Waals surface area contributed by atoms with Gasteiger partial charge >= 0.3 is 5.97 Å². The first-order valence-electron chi connectivity index (χ1n) is 9.17. The highest BCUT2D eigenvalue weighted by Gasteiger charge is 2.25. The molecule has 6 nitrogen and oxygen atoms in total. The van der Waals surface area contributed by atoms with E-state index in [2.05, 4.69) is 10.4 Å². The number of aromatic nitrogens is 2. The molecule has 3 rings (SSSR count).